The topological polar surface area (TPSA) is 32.3 Å². The van der Waals surface area contributed by atoms with Crippen LogP contribution in [0.1, 0.15) is 0 Å². The first-order valence-electron chi connectivity index (χ1n) is 3.64. The Morgan fingerprint density at radius 1 is 1.31 bits per heavy atom. The Morgan fingerprint density at radius 2 is 1.85 bits per heavy atom. The van der Waals surface area contributed by atoms with Crippen molar-refractivity contribution < 1.29 is 9.50 Å². The quantitative estimate of drug-likeness (QED) is 0.773. The summed E-state index contributed by atoms with van der Waals surface area (Å²) in [4.78, 5) is 0. The normalized spacial score (nSPS) is 10.2. The van der Waals surface area contributed by atoms with E-state index >= 15 is 0 Å². The minimum atomic E-state index is -0.627. The molecule has 5 heteroatoms. The molecule has 0 fully saturated rings. The molecule has 1 aromatic rings. The van der Waals surface area contributed by atoms with Crippen LogP contribution >= 0.6 is 23.2 Å². The van der Waals surface area contributed by atoms with Crippen LogP contribution in [-0.4, -0.2) is 18.3 Å². The molecule has 0 unspecified atom stereocenters. The first-order chi connectivity index (χ1) is 6.15. The molecule has 1 rings (SSSR count). The van der Waals surface area contributed by atoms with Crippen LogP contribution in [0.5, 0.6) is 0 Å². The van der Waals surface area contributed by atoms with E-state index in [2.05, 4.69) is 5.32 Å². The zero-order valence-electron chi connectivity index (χ0n) is 6.65. The van der Waals surface area contributed by atoms with Gasteiger partial charge in [-0.3, -0.25) is 0 Å². The third-order valence-corrected chi connectivity index (χ3v) is 1.97. The molecule has 0 saturated heterocycles. The molecule has 0 aliphatic heterocycles. The fourth-order valence-electron chi connectivity index (χ4n) is 0.858. The van der Waals surface area contributed by atoms with Gasteiger partial charge in [-0.05, 0) is 12.1 Å². The summed E-state index contributed by atoms with van der Waals surface area (Å²) in [5, 5.41) is 11.3. The molecule has 0 saturated carbocycles. The Balaban J connectivity index is 2.86. The summed E-state index contributed by atoms with van der Waals surface area (Å²) in [6, 6.07) is 2.83. The lowest BCUT2D eigenvalue weighted by atomic mass is 10.3. The molecule has 0 atom stereocenters. The van der Waals surface area contributed by atoms with Crippen molar-refractivity contribution in [2.45, 2.75) is 0 Å². The minimum Gasteiger partial charge on any atom is -0.395 e. The lowest BCUT2D eigenvalue weighted by molar-refractivity contribution is 0.311. The zero-order chi connectivity index (χ0) is 9.84. The molecule has 0 aliphatic rings. The second-order valence-electron chi connectivity index (χ2n) is 2.40. The smallest absolute Gasteiger partial charge is 0.160 e. The first kappa shape index (κ1) is 10.6. The van der Waals surface area contributed by atoms with Crippen LogP contribution in [0.25, 0.3) is 0 Å². The Labute approximate surface area is 85.3 Å². The van der Waals surface area contributed by atoms with Gasteiger partial charge in [0.05, 0.1) is 16.7 Å². The Morgan fingerprint density at radius 3 is 2.31 bits per heavy atom. The number of aliphatic hydroxyl groups is 1. The number of aliphatic hydroxyl groups excluding tert-OH is 1. The van der Waals surface area contributed by atoms with Crippen LogP contribution in [0.15, 0.2) is 12.1 Å². The molecule has 0 spiro atoms. The summed E-state index contributed by atoms with van der Waals surface area (Å²) in [5.41, 5.74) is 0.588. The van der Waals surface area contributed by atoms with Crippen LogP contribution < -0.4 is 5.32 Å². The molecule has 72 valence electrons. The van der Waals surface area contributed by atoms with Crippen LogP contribution in [-0.2, 0) is 0 Å². The van der Waals surface area contributed by atoms with Gasteiger partial charge in [0.2, 0.25) is 0 Å². The summed E-state index contributed by atoms with van der Waals surface area (Å²) in [5.74, 6) is -0.627. The third-order valence-electron chi connectivity index (χ3n) is 1.42. The number of anilines is 1. The predicted molar refractivity (Wildman–Crippen MR) is 52.0 cm³/mol. The summed E-state index contributed by atoms with van der Waals surface area (Å²) >= 11 is 11.1. The van der Waals surface area contributed by atoms with Crippen molar-refractivity contribution in [3.05, 3.63) is 28.0 Å². The SMILES string of the molecule is OCCNc1cc(Cl)c(F)c(Cl)c1. The molecular formula is C8H8Cl2FNO. The third kappa shape index (κ3) is 2.72. The van der Waals surface area contributed by atoms with E-state index in [1.54, 1.807) is 0 Å². The van der Waals surface area contributed by atoms with Crippen LogP contribution in [0.2, 0.25) is 10.0 Å². The van der Waals surface area contributed by atoms with Crippen molar-refractivity contribution in [2.24, 2.45) is 0 Å². The Bertz CT molecular complexity index is 283. The van der Waals surface area contributed by atoms with E-state index in [0.717, 1.165) is 0 Å². The van der Waals surface area contributed by atoms with Gasteiger partial charge in [0.25, 0.3) is 0 Å². The van der Waals surface area contributed by atoms with Crippen molar-refractivity contribution in [3.63, 3.8) is 0 Å². The minimum absolute atomic E-state index is 0.00733. The highest BCUT2D eigenvalue weighted by molar-refractivity contribution is 6.35. The van der Waals surface area contributed by atoms with Gasteiger partial charge in [-0.1, -0.05) is 23.2 Å². The highest BCUT2D eigenvalue weighted by atomic mass is 35.5. The molecule has 0 aliphatic carbocycles. The number of halogens is 3. The molecule has 2 nitrogen and oxygen atoms in total. The average molecular weight is 224 g/mol. The van der Waals surface area contributed by atoms with Crippen molar-refractivity contribution in [3.8, 4) is 0 Å². The van der Waals surface area contributed by atoms with E-state index in [-0.39, 0.29) is 16.7 Å². The maximum Gasteiger partial charge on any atom is 0.160 e. The molecule has 0 amide bonds. The largest absolute Gasteiger partial charge is 0.395 e. The monoisotopic (exact) mass is 223 g/mol. The number of hydrogen-bond acceptors (Lipinski definition) is 2. The number of benzene rings is 1. The van der Waals surface area contributed by atoms with Crippen LogP contribution in [0.3, 0.4) is 0 Å². The van der Waals surface area contributed by atoms with Gasteiger partial charge in [0.1, 0.15) is 0 Å². The second-order valence-corrected chi connectivity index (χ2v) is 3.22. The Hall–Kier alpha value is -0.510. The lowest BCUT2D eigenvalue weighted by Crippen LogP contribution is -2.05. The fraction of sp³-hybridized carbons (Fsp3) is 0.250. The molecule has 13 heavy (non-hydrogen) atoms. The fourth-order valence-corrected chi connectivity index (χ4v) is 1.34. The highest BCUT2D eigenvalue weighted by Gasteiger charge is 2.06. The molecule has 2 N–H and O–H groups in total. The van der Waals surface area contributed by atoms with Gasteiger partial charge >= 0.3 is 0 Å². The molecular weight excluding hydrogens is 216 g/mol. The summed E-state index contributed by atoms with van der Waals surface area (Å²) in [6.07, 6.45) is 0. The van der Waals surface area contributed by atoms with Gasteiger partial charge in [0, 0.05) is 12.2 Å². The number of hydrogen-bond donors (Lipinski definition) is 2. The summed E-state index contributed by atoms with van der Waals surface area (Å²) < 4.78 is 12.9. The predicted octanol–water partition coefficient (Wildman–Crippen LogP) is 2.54. The van der Waals surface area contributed by atoms with Crippen molar-refractivity contribution >= 4 is 28.9 Å². The van der Waals surface area contributed by atoms with Gasteiger partial charge in [0.15, 0.2) is 5.82 Å². The van der Waals surface area contributed by atoms with E-state index in [1.165, 1.54) is 12.1 Å². The molecule has 0 heterocycles. The van der Waals surface area contributed by atoms with Crippen molar-refractivity contribution in [1.82, 2.24) is 0 Å². The molecule has 0 radical (unpaired) electrons. The van der Waals surface area contributed by atoms with Gasteiger partial charge in [-0.2, -0.15) is 0 Å². The highest BCUT2D eigenvalue weighted by Crippen LogP contribution is 2.26. The standard InChI is InChI=1S/C8H8Cl2FNO/c9-6-3-5(12-1-2-13)4-7(10)8(6)11/h3-4,12-13H,1-2H2. The van der Waals surface area contributed by atoms with Gasteiger partial charge < -0.3 is 10.4 Å². The lowest BCUT2D eigenvalue weighted by Gasteiger charge is -2.06. The molecule has 0 bridgehead atoms. The van der Waals surface area contributed by atoms with Crippen molar-refractivity contribution in [1.29, 1.82) is 0 Å². The zero-order valence-corrected chi connectivity index (χ0v) is 8.16. The summed E-state index contributed by atoms with van der Waals surface area (Å²) in [7, 11) is 0. The van der Waals surface area contributed by atoms with E-state index in [1.807, 2.05) is 0 Å². The van der Waals surface area contributed by atoms with Crippen molar-refractivity contribution in [2.75, 3.05) is 18.5 Å². The summed E-state index contributed by atoms with van der Waals surface area (Å²) in [6.45, 7) is 0.366. The molecule has 1 aromatic carbocycles. The van der Waals surface area contributed by atoms with Gasteiger partial charge in [-0.25, -0.2) is 4.39 Å². The van der Waals surface area contributed by atoms with E-state index in [4.69, 9.17) is 28.3 Å². The average Bonchev–Trinajstić information content (AvgIpc) is 2.10. The van der Waals surface area contributed by atoms with Gasteiger partial charge in [-0.15, -0.1) is 0 Å². The number of nitrogens with one attached hydrogen (secondary N) is 1. The van der Waals surface area contributed by atoms with Crippen LogP contribution in [0, 0.1) is 5.82 Å². The Kier molecular flexibility index (Phi) is 3.78. The van der Waals surface area contributed by atoms with E-state index in [0.29, 0.717) is 12.2 Å². The van der Waals surface area contributed by atoms with Crippen LogP contribution in [0.4, 0.5) is 10.1 Å². The maximum absolute atomic E-state index is 12.9. The first-order valence-corrected chi connectivity index (χ1v) is 4.40. The maximum atomic E-state index is 12.9. The molecule has 0 aromatic heterocycles. The second kappa shape index (κ2) is 4.65. The van der Waals surface area contributed by atoms with E-state index < -0.39 is 5.82 Å². The number of rotatable bonds is 3. The van der Waals surface area contributed by atoms with E-state index in [9.17, 15) is 4.39 Å².